The van der Waals surface area contributed by atoms with Crippen molar-refractivity contribution in [3.05, 3.63) is 10.6 Å². The molecule has 0 amide bonds. The van der Waals surface area contributed by atoms with Crippen LogP contribution in [0.4, 0.5) is 5.13 Å². The average Bonchev–Trinajstić information content (AvgIpc) is 3.23. The number of anilines is 1. The Morgan fingerprint density at radius 2 is 2.11 bits per heavy atom. The highest BCUT2D eigenvalue weighted by Gasteiger charge is 2.31. The van der Waals surface area contributed by atoms with Crippen molar-refractivity contribution < 1.29 is 0 Å². The van der Waals surface area contributed by atoms with E-state index in [0.717, 1.165) is 25.2 Å². The zero-order valence-corrected chi connectivity index (χ0v) is 12.2. The van der Waals surface area contributed by atoms with Crippen molar-refractivity contribution in [1.82, 2.24) is 10.3 Å². The van der Waals surface area contributed by atoms with Gasteiger partial charge in [-0.3, -0.25) is 0 Å². The molecule has 2 saturated carbocycles. The lowest BCUT2D eigenvalue weighted by Gasteiger charge is -2.20. The van der Waals surface area contributed by atoms with Gasteiger partial charge in [0.25, 0.3) is 0 Å². The van der Waals surface area contributed by atoms with Gasteiger partial charge in [0.2, 0.25) is 0 Å². The number of aryl methyl sites for hydroxylation is 1. The molecule has 4 heteroatoms. The van der Waals surface area contributed by atoms with Crippen molar-refractivity contribution in [2.75, 3.05) is 11.4 Å². The van der Waals surface area contributed by atoms with E-state index in [1.54, 1.807) is 0 Å². The number of hydrogen-bond acceptors (Lipinski definition) is 4. The molecule has 100 valence electrons. The molecule has 0 bridgehead atoms. The third-order valence-corrected chi connectivity index (χ3v) is 4.90. The van der Waals surface area contributed by atoms with Crippen LogP contribution in [0.3, 0.4) is 0 Å². The Bertz CT molecular complexity index is 407. The summed E-state index contributed by atoms with van der Waals surface area (Å²) < 4.78 is 0. The zero-order valence-electron chi connectivity index (χ0n) is 11.4. The molecule has 1 aromatic rings. The molecule has 0 aromatic carbocycles. The lowest BCUT2D eigenvalue weighted by Crippen LogP contribution is -2.26. The predicted octanol–water partition coefficient (Wildman–Crippen LogP) is 3.08. The second-order valence-corrected chi connectivity index (χ2v) is 6.65. The Morgan fingerprint density at radius 3 is 2.72 bits per heavy atom. The molecule has 18 heavy (non-hydrogen) atoms. The van der Waals surface area contributed by atoms with Crippen molar-refractivity contribution in [3.63, 3.8) is 0 Å². The molecule has 1 aromatic heterocycles. The molecule has 0 saturated heterocycles. The zero-order chi connectivity index (χ0) is 12.5. The molecule has 0 radical (unpaired) electrons. The van der Waals surface area contributed by atoms with E-state index in [9.17, 15) is 0 Å². The lowest BCUT2D eigenvalue weighted by molar-refractivity contribution is 0.691. The van der Waals surface area contributed by atoms with Crippen LogP contribution in [0.25, 0.3) is 0 Å². The van der Waals surface area contributed by atoms with E-state index in [1.165, 1.54) is 47.8 Å². The van der Waals surface area contributed by atoms with Crippen LogP contribution in [0.2, 0.25) is 0 Å². The summed E-state index contributed by atoms with van der Waals surface area (Å²) in [4.78, 5) is 8.75. The van der Waals surface area contributed by atoms with Crippen LogP contribution in [0.5, 0.6) is 0 Å². The third-order valence-electron chi connectivity index (χ3n) is 3.71. The molecule has 1 N–H and O–H groups in total. The predicted molar refractivity (Wildman–Crippen MR) is 77.4 cm³/mol. The first-order valence-corrected chi connectivity index (χ1v) is 8.06. The molecular weight excluding hydrogens is 242 g/mol. The standard InChI is InChI=1S/C14H23N3S/c1-3-8-17(12-6-7-12)14-16-10(2)13(18-14)9-15-11-4-5-11/h11-12,15H,3-9H2,1-2H3. The first-order chi connectivity index (χ1) is 8.78. The first kappa shape index (κ1) is 12.4. The van der Waals surface area contributed by atoms with E-state index in [2.05, 4.69) is 24.1 Å². The Hall–Kier alpha value is -0.610. The van der Waals surface area contributed by atoms with E-state index in [1.807, 2.05) is 11.3 Å². The van der Waals surface area contributed by atoms with Crippen molar-refractivity contribution in [2.24, 2.45) is 0 Å². The van der Waals surface area contributed by atoms with Crippen molar-refractivity contribution in [3.8, 4) is 0 Å². The van der Waals surface area contributed by atoms with Gasteiger partial charge in [0, 0.05) is 30.1 Å². The van der Waals surface area contributed by atoms with E-state index in [4.69, 9.17) is 4.98 Å². The smallest absolute Gasteiger partial charge is 0.186 e. The number of aromatic nitrogens is 1. The highest BCUT2D eigenvalue weighted by Crippen LogP contribution is 2.35. The minimum absolute atomic E-state index is 0.778. The van der Waals surface area contributed by atoms with Gasteiger partial charge in [0.1, 0.15) is 0 Å². The fourth-order valence-corrected chi connectivity index (χ4v) is 3.39. The summed E-state index contributed by atoms with van der Waals surface area (Å²) in [5, 5.41) is 4.85. The molecule has 1 heterocycles. The molecule has 2 aliphatic rings. The Morgan fingerprint density at radius 1 is 1.33 bits per heavy atom. The summed E-state index contributed by atoms with van der Waals surface area (Å²) >= 11 is 1.90. The number of rotatable bonds is 7. The molecule has 2 aliphatic carbocycles. The van der Waals surface area contributed by atoms with Crippen LogP contribution in [0.1, 0.15) is 49.6 Å². The van der Waals surface area contributed by atoms with Crippen LogP contribution in [0, 0.1) is 6.92 Å². The summed E-state index contributed by atoms with van der Waals surface area (Å²) in [5.74, 6) is 0. The molecule has 0 spiro atoms. The van der Waals surface area contributed by atoms with Gasteiger partial charge in [-0.2, -0.15) is 0 Å². The Balaban J connectivity index is 1.68. The summed E-state index contributed by atoms with van der Waals surface area (Å²) in [6, 6.07) is 1.56. The second kappa shape index (κ2) is 5.17. The quantitative estimate of drug-likeness (QED) is 0.821. The van der Waals surface area contributed by atoms with Crippen LogP contribution in [-0.4, -0.2) is 23.6 Å². The van der Waals surface area contributed by atoms with E-state index in [0.29, 0.717) is 0 Å². The third kappa shape index (κ3) is 2.86. The van der Waals surface area contributed by atoms with Crippen LogP contribution in [-0.2, 0) is 6.54 Å². The van der Waals surface area contributed by atoms with Gasteiger partial charge in [0.05, 0.1) is 5.69 Å². The minimum atomic E-state index is 0.778. The molecule has 3 nitrogen and oxygen atoms in total. The maximum absolute atomic E-state index is 4.79. The van der Waals surface area contributed by atoms with Gasteiger partial charge in [-0.1, -0.05) is 6.92 Å². The minimum Gasteiger partial charge on any atom is -0.345 e. The number of thiazole rings is 1. The van der Waals surface area contributed by atoms with Crippen molar-refractivity contribution >= 4 is 16.5 Å². The fourth-order valence-electron chi connectivity index (χ4n) is 2.29. The Kier molecular flexibility index (Phi) is 3.57. The molecule has 3 rings (SSSR count). The monoisotopic (exact) mass is 265 g/mol. The maximum atomic E-state index is 4.79. The maximum Gasteiger partial charge on any atom is 0.186 e. The van der Waals surface area contributed by atoms with E-state index >= 15 is 0 Å². The number of nitrogens with zero attached hydrogens (tertiary/aromatic N) is 2. The molecule has 2 fully saturated rings. The van der Waals surface area contributed by atoms with E-state index < -0.39 is 0 Å². The normalized spacial score (nSPS) is 19.2. The lowest BCUT2D eigenvalue weighted by atomic mass is 10.4. The largest absolute Gasteiger partial charge is 0.345 e. The molecule has 0 atom stereocenters. The van der Waals surface area contributed by atoms with Gasteiger partial charge < -0.3 is 10.2 Å². The fraction of sp³-hybridized carbons (Fsp3) is 0.786. The second-order valence-electron chi connectivity index (χ2n) is 5.58. The summed E-state index contributed by atoms with van der Waals surface area (Å²) in [6.45, 7) is 6.58. The topological polar surface area (TPSA) is 28.2 Å². The van der Waals surface area contributed by atoms with Crippen molar-refractivity contribution in [1.29, 1.82) is 0 Å². The average molecular weight is 265 g/mol. The molecule has 0 unspecified atom stereocenters. The Labute approximate surface area is 114 Å². The van der Waals surface area contributed by atoms with Gasteiger partial charge in [0.15, 0.2) is 5.13 Å². The van der Waals surface area contributed by atoms with Gasteiger partial charge in [-0.05, 0) is 39.0 Å². The van der Waals surface area contributed by atoms with Crippen molar-refractivity contribution in [2.45, 2.75) is 64.6 Å². The number of nitrogens with one attached hydrogen (secondary N) is 1. The summed E-state index contributed by atoms with van der Waals surface area (Å²) in [7, 11) is 0. The highest BCUT2D eigenvalue weighted by atomic mass is 32.1. The highest BCUT2D eigenvalue weighted by molar-refractivity contribution is 7.15. The summed E-state index contributed by atoms with van der Waals surface area (Å²) in [6.07, 6.45) is 6.64. The van der Waals surface area contributed by atoms with Gasteiger partial charge in [-0.25, -0.2) is 4.98 Å². The SMILES string of the molecule is CCCN(c1nc(C)c(CNC2CC2)s1)C1CC1. The first-order valence-electron chi connectivity index (χ1n) is 7.24. The summed E-state index contributed by atoms with van der Waals surface area (Å²) in [5.41, 5.74) is 1.23. The van der Waals surface area contributed by atoms with Gasteiger partial charge in [-0.15, -0.1) is 11.3 Å². The number of hydrogen-bond donors (Lipinski definition) is 1. The van der Waals surface area contributed by atoms with Crippen LogP contribution >= 0.6 is 11.3 Å². The van der Waals surface area contributed by atoms with Crippen LogP contribution in [0.15, 0.2) is 0 Å². The van der Waals surface area contributed by atoms with Gasteiger partial charge >= 0.3 is 0 Å². The molecule has 0 aliphatic heterocycles. The van der Waals surface area contributed by atoms with E-state index in [-0.39, 0.29) is 0 Å². The molecular formula is C14H23N3S. The van der Waals surface area contributed by atoms with Crippen LogP contribution < -0.4 is 10.2 Å².